The highest BCUT2D eigenvalue weighted by Crippen LogP contribution is 2.38. The average molecular weight is 459 g/mol. The molecule has 2 aliphatic rings. The lowest BCUT2D eigenvalue weighted by molar-refractivity contribution is 0.156. The molecule has 0 bridgehead atoms. The topological polar surface area (TPSA) is 46.1 Å². The second-order valence-electron chi connectivity index (χ2n) is 6.72. The van der Waals surface area contributed by atoms with Crippen LogP contribution in [0.3, 0.4) is 0 Å². The molecule has 1 aromatic carbocycles. The first-order valence-electron chi connectivity index (χ1n) is 9.10. The molecule has 25 heavy (non-hydrogen) atoms. The van der Waals surface area contributed by atoms with E-state index in [1.807, 2.05) is 30.3 Å². The fourth-order valence-electron chi connectivity index (χ4n) is 3.47. The van der Waals surface area contributed by atoms with Crippen LogP contribution >= 0.6 is 24.0 Å². The monoisotopic (exact) mass is 459 g/mol. The molecule has 1 spiro atoms. The first-order valence-corrected chi connectivity index (χ1v) is 9.10. The fourth-order valence-corrected chi connectivity index (χ4v) is 3.47. The van der Waals surface area contributed by atoms with Crippen LogP contribution in [0.15, 0.2) is 35.3 Å². The number of para-hydroxylation sites is 1. The number of hydrogen-bond acceptors (Lipinski definition) is 3. The van der Waals surface area contributed by atoms with Crippen molar-refractivity contribution in [3.05, 3.63) is 30.3 Å². The van der Waals surface area contributed by atoms with E-state index in [1.165, 1.54) is 12.8 Å². The van der Waals surface area contributed by atoms with E-state index in [1.54, 1.807) is 0 Å². The number of likely N-dealkylation sites (tertiary alicyclic amines) is 1. The van der Waals surface area contributed by atoms with Gasteiger partial charge in [0.15, 0.2) is 5.96 Å². The van der Waals surface area contributed by atoms with E-state index in [0.29, 0.717) is 12.0 Å². The molecule has 2 aliphatic heterocycles. The molecule has 140 valence electrons. The summed E-state index contributed by atoms with van der Waals surface area (Å²) in [6, 6.07) is 9.96. The minimum absolute atomic E-state index is 0. The number of benzene rings is 1. The van der Waals surface area contributed by atoms with Gasteiger partial charge in [0.2, 0.25) is 0 Å². The Morgan fingerprint density at radius 2 is 2.16 bits per heavy atom. The quantitative estimate of drug-likeness (QED) is 0.307. The van der Waals surface area contributed by atoms with Crippen LogP contribution < -0.4 is 10.1 Å². The highest BCUT2D eigenvalue weighted by atomic mass is 127. The summed E-state index contributed by atoms with van der Waals surface area (Å²) in [7, 11) is 0. The number of aliphatic imine (C=N–C) groups is 1. The smallest absolute Gasteiger partial charge is 0.193 e. The Morgan fingerprint density at radius 1 is 1.32 bits per heavy atom. The molecule has 3 rings (SSSR count). The summed E-state index contributed by atoms with van der Waals surface area (Å²) in [6.45, 7) is 8.49. The van der Waals surface area contributed by atoms with Crippen LogP contribution in [-0.2, 0) is 4.74 Å². The van der Waals surface area contributed by atoms with E-state index < -0.39 is 0 Å². The van der Waals surface area contributed by atoms with Gasteiger partial charge in [-0.15, -0.1) is 24.0 Å². The molecule has 1 atom stereocenters. The summed E-state index contributed by atoms with van der Waals surface area (Å²) in [5.41, 5.74) is 0.368. The van der Waals surface area contributed by atoms with Crippen LogP contribution in [0.2, 0.25) is 0 Å². The molecule has 5 nitrogen and oxygen atoms in total. The molecule has 0 aliphatic carbocycles. The van der Waals surface area contributed by atoms with Gasteiger partial charge in [0.05, 0.1) is 13.2 Å². The standard InChI is InChI=1S/C19H29N3O2.HI/c1-2-20-18(22-12-9-19(15-22)10-14-23-16-19)21-11-6-13-24-17-7-4-3-5-8-17;/h3-5,7-8H,2,6,9-16H2,1H3,(H,20,21);1H. The van der Waals surface area contributed by atoms with Gasteiger partial charge in [0.25, 0.3) is 0 Å². The number of guanidine groups is 1. The zero-order valence-corrected chi connectivity index (χ0v) is 17.4. The van der Waals surface area contributed by atoms with Gasteiger partial charge in [-0.3, -0.25) is 4.99 Å². The molecule has 2 heterocycles. The molecule has 0 radical (unpaired) electrons. The lowest BCUT2D eigenvalue weighted by atomic mass is 9.87. The molecule has 1 unspecified atom stereocenters. The van der Waals surface area contributed by atoms with Gasteiger partial charge < -0.3 is 19.7 Å². The van der Waals surface area contributed by atoms with Crippen LogP contribution in [0, 0.1) is 5.41 Å². The van der Waals surface area contributed by atoms with Crippen LogP contribution in [-0.4, -0.2) is 56.9 Å². The van der Waals surface area contributed by atoms with E-state index in [4.69, 9.17) is 14.5 Å². The molecule has 6 heteroatoms. The zero-order valence-electron chi connectivity index (χ0n) is 15.1. The third-order valence-corrected chi connectivity index (χ3v) is 4.83. The molecular weight excluding hydrogens is 429 g/mol. The van der Waals surface area contributed by atoms with E-state index in [9.17, 15) is 0 Å². The molecule has 0 aromatic heterocycles. The maximum atomic E-state index is 5.73. The molecule has 2 fully saturated rings. The maximum Gasteiger partial charge on any atom is 0.193 e. The van der Waals surface area contributed by atoms with E-state index >= 15 is 0 Å². The van der Waals surface area contributed by atoms with Crippen LogP contribution in [0.4, 0.5) is 0 Å². The van der Waals surface area contributed by atoms with Crippen molar-refractivity contribution in [2.45, 2.75) is 26.2 Å². The predicted molar refractivity (Wildman–Crippen MR) is 112 cm³/mol. The second-order valence-corrected chi connectivity index (χ2v) is 6.72. The number of halogens is 1. The lowest BCUT2D eigenvalue weighted by Gasteiger charge is -2.25. The number of ether oxygens (including phenoxy) is 2. The number of nitrogens with zero attached hydrogens (tertiary/aromatic N) is 2. The Morgan fingerprint density at radius 3 is 2.88 bits per heavy atom. The summed E-state index contributed by atoms with van der Waals surface area (Å²) in [5, 5.41) is 3.43. The van der Waals surface area contributed by atoms with Gasteiger partial charge in [-0.25, -0.2) is 0 Å². The Labute approximate surface area is 168 Å². The SMILES string of the molecule is CCNC(=NCCCOc1ccccc1)N1CCC2(CCOC2)C1.I. The van der Waals surface area contributed by atoms with Crippen molar-refractivity contribution in [2.75, 3.05) is 46.0 Å². The summed E-state index contributed by atoms with van der Waals surface area (Å²) in [4.78, 5) is 7.19. The van der Waals surface area contributed by atoms with E-state index in [0.717, 1.165) is 57.5 Å². The van der Waals surface area contributed by atoms with Gasteiger partial charge in [-0.1, -0.05) is 18.2 Å². The van der Waals surface area contributed by atoms with Crippen LogP contribution in [0.25, 0.3) is 0 Å². The van der Waals surface area contributed by atoms with Gasteiger partial charge in [0.1, 0.15) is 5.75 Å². The third-order valence-electron chi connectivity index (χ3n) is 4.83. The second kappa shape index (κ2) is 10.2. The van der Waals surface area contributed by atoms with Crippen molar-refractivity contribution in [3.63, 3.8) is 0 Å². The summed E-state index contributed by atoms with van der Waals surface area (Å²) in [6.07, 6.45) is 3.33. The molecule has 2 saturated heterocycles. The van der Waals surface area contributed by atoms with Crippen molar-refractivity contribution >= 4 is 29.9 Å². The fraction of sp³-hybridized carbons (Fsp3) is 0.632. The highest BCUT2D eigenvalue weighted by molar-refractivity contribution is 14.0. The summed E-state index contributed by atoms with van der Waals surface area (Å²) >= 11 is 0. The minimum Gasteiger partial charge on any atom is -0.494 e. The number of rotatable bonds is 6. The average Bonchev–Trinajstić information content (AvgIpc) is 3.25. The summed E-state index contributed by atoms with van der Waals surface area (Å²) in [5.74, 6) is 1.97. The largest absolute Gasteiger partial charge is 0.494 e. The molecule has 1 aromatic rings. The normalized spacial score (nSPS) is 22.9. The Balaban J connectivity index is 0.00000225. The van der Waals surface area contributed by atoms with Crippen molar-refractivity contribution in [2.24, 2.45) is 10.4 Å². The van der Waals surface area contributed by atoms with E-state index in [-0.39, 0.29) is 24.0 Å². The predicted octanol–water partition coefficient (Wildman–Crippen LogP) is 3.15. The van der Waals surface area contributed by atoms with Gasteiger partial charge >= 0.3 is 0 Å². The first-order chi connectivity index (χ1) is 11.8. The Bertz CT molecular complexity index is 533. The molecular formula is C19H30IN3O2. The maximum absolute atomic E-state index is 5.73. The van der Waals surface area contributed by atoms with Crippen LogP contribution in [0.1, 0.15) is 26.2 Å². The van der Waals surface area contributed by atoms with Crippen molar-refractivity contribution in [1.82, 2.24) is 10.2 Å². The Kier molecular flexibility index (Phi) is 8.29. The van der Waals surface area contributed by atoms with Crippen molar-refractivity contribution in [3.8, 4) is 5.75 Å². The van der Waals surface area contributed by atoms with E-state index in [2.05, 4.69) is 17.1 Å². The van der Waals surface area contributed by atoms with Crippen molar-refractivity contribution in [1.29, 1.82) is 0 Å². The Hall–Kier alpha value is -1.02. The van der Waals surface area contributed by atoms with Crippen LogP contribution in [0.5, 0.6) is 5.75 Å². The first kappa shape index (κ1) is 20.3. The molecule has 0 saturated carbocycles. The van der Waals surface area contributed by atoms with Gasteiger partial charge in [-0.05, 0) is 31.9 Å². The van der Waals surface area contributed by atoms with Gasteiger partial charge in [0, 0.05) is 44.6 Å². The molecule has 1 N–H and O–H groups in total. The zero-order chi connectivity index (χ0) is 16.7. The lowest BCUT2D eigenvalue weighted by Crippen LogP contribution is -2.41. The third kappa shape index (κ3) is 5.74. The summed E-state index contributed by atoms with van der Waals surface area (Å²) < 4.78 is 11.4. The van der Waals surface area contributed by atoms with Gasteiger partial charge in [-0.2, -0.15) is 0 Å². The van der Waals surface area contributed by atoms with Crippen molar-refractivity contribution < 1.29 is 9.47 Å². The minimum atomic E-state index is 0. The molecule has 0 amide bonds. The highest BCUT2D eigenvalue weighted by Gasteiger charge is 2.42. The number of nitrogens with one attached hydrogen (secondary N) is 1. The number of hydrogen-bond donors (Lipinski definition) is 1.